The van der Waals surface area contributed by atoms with Gasteiger partial charge in [-0.05, 0) is 30.3 Å². The van der Waals surface area contributed by atoms with Crippen molar-refractivity contribution in [3.8, 4) is 11.8 Å². The van der Waals surface area contributed by atoms with E-state index in [2.05, 4.69) is 26.6 Å². The molecule has 0 unspecified atom stereocenters. The molecule has 0 saturated carbocycles. The second-order valence-electron chi connectivity index (χ2n) is 4.11. The van der Waals surface area contributed by atoms with Crippen LogP contribution in [0, 0.1) is 11.3 Å². The van der Waals surface area contributed by atoms with Crippen molar-refractivity contribution in [2.45, 2.75) is 0 Å². The van der Waals surface area contributed by atoms with E-state index in [1.165, 1.54) is 0 Å². The molecular formula is C15H12BrN3O2. The Balaban J connectivity index is 2.10. The highest BCUT2D eigenvalue weighted by Gasteiger charge is 2.08. The van der Waals surface area contributed by atoms with Crippen molar-refractivity contribution >= 4 is 33.3 Å². The summed E-state index contributed by atoms with van der Waals surface area (Å²) < 4.78 is 5.86. The van der Waals surface area contributed by atoms with Crippen LogP contribution in [0.15, 0.2) is 46.9 Å². The van der Waals surface area contributed by atoms with Crippen molar-refractivity contribution in [2.24, 2.45) is 0 Å². The minimum Gasteiger partial charge on any atom is -0.497 e. The van der Waals surface area contributed by atoms with Crippen LogP contribution in [0.3, 0.4) is 0 Å². The van der Waals surface area contributed by atoms with Crippen LogP contribution < -0.4 is 15.4 Å². The summed E-state index contributed by atoms with van der Waals surface area (Å²) in [4.78, 5) is 12.0. The highest BCUT2D eigenvalue weighted by atomic mass is 79.9. The fourth-order valence-corrected chi connectivity index (χ4v) is 2.06. The summed E-state index contributed by atoms with van der Waals surface area (Å²) in [5, 5.41) is 14.4. The lowest BCUT2D eigenvalue weighted by Crippen LogP contribution is -2.20. The normalized spacial score (nSPS) is 9.57. The number of halogens is 1. The number of amides is 2. The quantitative estimate of drug-likeness (QED) is 0.883. The largest absolute Gasteiger partial charge is 0.497 e. The highest BCUT2D eigenvalue weighted by Crippen LogP contribution is 2.21. The Morgan fingerprint density at radius 2 is 2.05 bits per heavy atom. The van der Waals surface area contributed by atoms with E-state index >= 15 is 0 Å². The molecule has 2 amide bonds. The second kappa shape index (κ2) is 6.77. The summed E-state index contributed by atoms with van der Waals surface area (Å²) in [7, 11) is 1.56. The molecule has 2 aromatic carbocycles. The van der Waals surface area contributed by atoms with Gasteiger partial charge in [-0.3, -0.25) is 0 Å². The van der Waals surface area contributed by atoms with E-state index in [1.807, 2.05) is 6.07 Å². The number of benzene rings is 2. The molecule has 0 atom stereocenters. The summed E-state index contributed by atoms with van der Waals surface area (Å²) in [6.45, 7) is 0. The van der Waals surface area contributed by atoms with Gasteiger partial charge in [0.25, 0.3) is 0 Å². The van der Waals surface area contributed by atoms with Crippen LogP contribution >= 0.6 is 15.9 Å². The SMILES string of the molecule is COc1cccc(NC(=O)Nc2ccc(Br)cc2C#N)c1. The van der Waals surface area contributed by atoms with Crippen LogP contribution in [0.1, 0.15) is 5.56 Å². The van der Waals surface area contributed by atoms with E-state index in [9.17, 15) is 4.79 Å². The fourth-order valence-electron chi connectivity index (χ4n) is 1.70. The average molecular weight is 346 g/mol. The number of rotatable bonds is 3. The molecule has 2 aromatic rings. The number of carbonyl (C=O) groups is 1. The van der Waals surface area contributed by atoms with Gasteiger partial charge in [-0.15, -0.1) is 0 Å². The summed E-state index contributed by atoms with van der Waals surface area (Å²) in [6, 6.07) is 13.7. The van der Waals surface area contributed by atoms with Crippen molar-refractivity contribution in [3.63, 3.8) is 0 Å². The van der Waals surface area contributed by atoms with Gasteiger partial charge in [0.15, 0.2) is 0 Å². The molecule has 21 heavy (non-hydrogen) atoms. The second-order valence-corrected chi connectivity index (χ2v) is 5.03. The van der Waals surface area contributed by atoms with E-state index in [1.54, 1.807) is 49.6 Å². The van der Waals surface area contributed by atoms with Crippen LogP contribution in [0.4, 0.5) is 16.2 Å². The van der Waals surface area contributed by atoms with Gasteiger partial charge in [-0.25, -0.2) is 4.79 Å². The molecule has 2 rings (SSSR count). The molecule has 2 N–H and O–H groups in total. The number of methoxy groups -OCH3 is 1. The Hall–Kier alpha value is -2.52. The molecule has 0 fully saturated rings. The first-order valence-corrected chi connectivity index (χ1v) is 6.83. The first kappa shape index (κ1) is 14.9. The number of urea groups is 1. The predicted molar refractivity (Wildman–Crippen MR) is 84.5 cm³/mol. The lowest BCUT2D eigenvalue weighted by atomic mass is 10.2. The van der Waals surface area contributed by atoms with Crippen molar-refractivity contribution in [2.75, 3.05) is 17.7 Å². The first-order chi connectivity index (χ1) is 10.1. The predicted octanol–water partition coefficient (Wildman–Crippen LogP) is 3.97. The molecule has 0 spiro atoms. The number of carbonyl (C=O) groups excluding carboxylic acids is 1. The third-order valence-corrected chi connectivity index (χ3v) is 3.17. The topological polar surface area (TPSA) is 74.2 Å². The Bertz CT molecular complexity index is 710. The number of hydrogen-bond acceptors (Lipinski definition) is 3. The van der Waals surface area contributed by atoms with Crippen molar-refractivity contribution in [1.82, 2.24) is 0 Å². The Kier molecular flexibility index (Phi) is 4.80. The number of ether oxygens (including phenoxy) is 1. The van der Waals surface area contributed by atoms with Gasteiger partial charge >= 0.3 is 6.03 Å². The molecule has 106 valence electrons. The highest BCUT2D eigenvalue weighted by molar-refractivity contribution is 9.10. The summed E-state index contributed by atoms with van der Waals surface area (Å²) in [5.74, 6) is 0.647. The van der Waals surface area contributed by atoms with E-state index in [0.717, 1.165) is 4.47 Å². The van der Waals surface area contributed by atoms with Gasteiger partial charge in [-0.1, -0.05) is 22.0 Å². The standard InChI is InChI=1S/C15H12BrN3O2/c1-21-13-4-2-3-12(8-13)18-15(20)19-14-6-5-11(16)7-10(14)9-17/h2-8H,1H3,(H2,18,19,20). The molecule has 0 bridgehead atoms. The monoisotopic (exact) mass is 345 g/mol. The Morgan fingerprint density at radius 1 is 1.24 bits per heavy atom. The number of anilines is 2. The maximum Gasteiger partial charge on any atom is 0.323 e. The maximum absolute atomic E-state index is 12.0. The fraction of sp³-hybridized carbons (Fsp3) is 0.0667. The smallest absolute Gasteiger partial charge is 0.323 e. The van der Waals surface area contributed by atoms with Crippen LogP contribution in [0.2, 0.25) is 0 Å². The van der Waals surface area contributed by atoms with Gasteiger partial charge in [0, 0.05) is 16.2 Å². The molecule has 0 aliphatic carbocycles. The Labute approximate surface area is 130 Å². The van der Waals surface area contributed by atoms with Gasteiger partial charge in [0.2, 0.25) is 0 Å². The molecule has 5 nitrogen and oxygen atoms in total. The molecule has 0 saturated heterocycles. The van der Waals surface area contributed by atoms with Gasteiger partial charge in [0.05, 0.1) is 18.4 Å². The van der Waals surface area contributed by atoms with Crippen LogP contribution in [0.5, 0.6) is 5.75 Å². The van der Waals surface area contributed by atoms with Gasteiger partial charge in [-0.2, -0.15) is 5.26 Å². The zero-order chi connectivity index (χ0) is 15.2. The average Bonchev–Trinajstić information content (AvgIpc) is 2.49. The number of nitrogens with one attached hydrogen (secondary N) is 2. The van der Waals surface area contributed by atoms with Crippen LogP contribution in [-0.2, 0) is 0 Å². The third-order valence-electron chi connectivity index (χ3n) is 2.68. The molecule has 0 aliphatic rings. The van der Waals surface area contributed by atoms with E-state index in [4.69, 9.17) is 10.00 Å². The minimum atomic E-state index is -0.429. The summed E-state index contributed by atoms with van der Waals surface area (Å²) in [5.41, 5.74) is 1.42. The van der Waals surface area contributed by atoms with Crippen molar-refractivity contribution in [3.05, 3.63) is 52.5 Å². The van der Waals surface area contributed by atoms with Gasteiger partial charge < -0.3 is 15.4 Å². The third kappa shape index (κ3) is 3.97. The molecule has 0 radical (unpaired) electrons. The molecular weight excluding hydrogens is 334 g/mol. The zero-order valence-electron chi connectivity index (χ0n) is 11.2. The van der Waals surface area contributed by atoms with E-state index in [0.29, 0.717) is 22.7 Å². The molecule has 0 aliphatic heterocycles. The number of hydrogen-bond donors (Lipinski definition) is 2. The number of nitriles is 1. The zero-order valence-corrected chi connectivity index (χ0v) is 12.8. The summed E-state index contributed by atoms with van der Waals surface area (Å²) in [6.07, 6.45) is 0. The Morgan fingerprint density at radius 3 is 2.76 bits per heavy atom. The molecule has 0 heterocycles. The van der Waals surface area contributed by atoms with Crippen molar-refractivity contribution < 1.29 is 9.53 Å². The van der Waals surface area contributed by atoms with E-state index in [-0.39, 0.29) is 0 Å². The lowest BCUT2D eigenvalue weighted by molar-refractivity contribution is 0.262. The lowest BCUT2D eigenvalue weighted by Gasteiger charge is -2.10. The molecule has 0 aromatic heterocycles. The minimum absolute atomic E-state index is 0.380. The maximum atomic E-state index is 12.0. The first-order valence-electron chi connectivity index (χ1n) is 6.04. The van der Waals surface area contributed by atoms with Crippen LogP contribution in [0.25, 0.3) is 0 Å². The molecule has 6 heteroatoms. The van der Waals surface area contributed by atoms with Gasteiger partial charge in [0.1, 0.15) is 11.8 Å². The van der Waals surface area contributed by atoms with Crippen LogP contribution in [-0.4, -0.2) is 13.1 Å². The summed E-state index contributed by atoms with van der Waals surface area (Å²) >= 11 is 3.28. The van der Waals surface area contributed by atoms with E-state index < -0.39 is 6.03 Å². The number of nitrogens with zero attached hydrogens (tertiary/aromatic N) is 1. The van der Waals surface area contributed by atoms with Crippen molar-refractivity contribution in [1.29, 1.82) is 5.26 Å².